The molecule has 0 amide bonds. The van der Waals surface area contributed by atoms with E-state index in [-0.39, 0.29) is 4.90 Å². The van der Waals surface area contributed by atoms with E-state index in [1.807, 2.05) is 17.5 Å². The normalized spacial score (nSPS) is 18.2. The summed E-state index contributed by atoms with van der Waals surface area (Å²) in [5, 5.41) is 9.03. The van der Waals surface area contributed by atoms with Gasteiger partial charge in [-0.2, -0.15) is 4.31 Å². The average molecular weight is 495 g/mol. The number of thiophene rings is 1. The number of hydrogen-bond acceptors (Lipinski definition) is 6. The minimum atomic E-state index is -3.59. The summed E-state index contributed by atoms with van der Waals surface area (Å²) in [6.45, 7) is 4.15. The summed E-state index contributed by atoms with van der Waals surface area (Å²) in [7, 11) is -3.59. The molecule has 0 aliphatic carbocycles. The fourth-order valence-electron chi connectivity index (χ4n) is 4.05. The van der Waals surface area contributed by atoms with Crippen LogP contribution in [0.3, 0.4) is 0 Å². The van der Waals surface area contributed by atoms with Crippen LogP contribution in [0.1, 0.15) is 30.6 Å². The third kappa shape index (κ3) is 5.79. The van der Waals surface area contributed by atoms with Crippen molar-refractivity contribution >= 4 is 50.1 Å². The van der Waals surface area contributed by atoms with Crippen LogP contribution in [0.2, 0.25) is 0 Å². The van der Waals surface area contributed by atoms with Gasteiger partial charge in [-0.3, -0.25) is 0 Å². The van der Waals surface area contributed by atoms with Gasteiger partial charge >= 0.3 is 0 Å². The third-order valence-electron chi connectivity index (χ3n) is 5.77. The molecule has 2 saturated heterocycles. The number of sulfonamides is 1. The van der Waals surface area contributed by atoms with Gasteiger partial charge in [0.2, 0.25) is 10.0 Å². The molecule has 0 spiro atoms. The predicted molar refractivity (Wildman–Crippen MR) is 134 cm³/mol. The first-order valence-corrected chi connectivity index (χ1v) is 13.8. The summed E-state index contributed by atoms with van der Waals surface area (Å²) in [6.07, 6.45) is 4.72. The zero-order valence-electron chi connectivity index (χ0n) is 18.1. The summed E-state index contributed by atoms with van der Waals surface area (Å²) in [5.74, 6) is 0. The van der Waals surface area contributed by atoms with E-state index >= 15 is 0 Å². The molecule has 1 aromatic carbocycles. The van der Waals surface area contributed by atoms with Gasteiger partial charge < -0.3 is 20.3 Å². The maximum absolute atomic E-state index is 13.2. The van der Waals surface area contributed by atoms with Crippen LogP contribution in [-0.2, 0) is 21.3 Å². The Hall–Kier alpha value is -1.72. The number of anilines is 2. The zero-order chi connectivity index (χ0) is 22.4. The first kappa shape index (κ1) is 23.4. The number of nitrogens with zero attached hydrogens (tertiary/aromatic N) is 2. The molecule has 2 aliphatic rings. The lowest BCUT2D eigenvalue weighted by atomic mass is 10.2. The second-order valence-corrected chi connectivity index (χ2v) is 11.4. The Balaban J connectivity index is 1.58. The van der Waals surface area contributed by atoms with Crippen molar-refractivity contribution < 1.29 is 13.2 Å². The van der Waals surface area contributed by atoms with Gasteiger partial charge in [-0.05, 0) is 54.7 Å². The van der Waals surface area contributed by atoms with Crippen molar-refractivity contribution in [1.29, 1.82) is 0 Å². The Kier molecular flexibility index (Phi) is 8.01. The Morgan fingerprint density at radius 1 is 1.06 bits per heavy atom. The van der Waals surface area contributed by atoms with Crippen molar-refractivity contribution in [2.75, 3.05) is 49.6 Å². The summed E-state index contributed by atoms with van der Waals surface area (Å²) < 4.78 is 33.3. The highest BCUT2D eigenvalue weighted by Crippen LogP contribution is 2.32. The summed E-state index contributed by atoms with van der Waals surface area (Å²) in [6, 6.07) is 9.43. The third-order valence-corrected chi connectivity index (χ3v) is 8.79. The fraction of sp³-hybridized carbons (Fsp3) is 0.500. The van der Waals surface area contributed by atoms with Crippen LogP contribution >= 0.6 is 23.6 Å². The van der Waals surface area contributed by atoms with E-state index < -0.39 is 10.0 Å². The number of morpholine rings is 1. The van der Waals surface area contributed by atoms with E-state index in [4.69, 9.17) is 17.0 Å². The van der Waals surface area contributed by atoms with Crippen molar-refractivity contribution in [1.82, 2.24) is 9.62 Å². The highest BCUT2D eigenvalue weighted by molar-refractivity contribution is 7.89. The minimum absolute atomic E-state index is 0.279. The SMILES string of the molecule is O=S(=O)(c1ccc(N2CCCCCC2)c(NC(=S)NCc2cccs2)c1)N1CCOCC1. The number of nitrogens with one attached hydrogen (secondary N) is 2. The van der Waals surface area contributed by atoms with Crippen LogP contribution in [0, 0.1) is 0 Å². The summed E-state index contributed by atoms with van der Waals surface area (Å²) in [4.78, 5) is 3.80. The lowest BCUT2D eigenvalue weighted by Crippen LogP contribution is -2.40. The molecule has 3 heterocycles. The first-order valence-electron chi connectivity index (χ1n) is 11.1. The Morgan fingerprint density at radius 2 is 1.81 bits per heavy atom. The predicted octanol–water partition coefficient (Wildman–Crippen LogP) is 3.64. The second-order valence-electron chi connectivity index (χ2n) is 7.98. The van der Waals surface area contributed by atoms with Gasteiger partial charge in [0.25, 0.3) is 0 Å². The van der Waals surface area contributed by atoms with Gasteiger partial charge in [0.05, 0.1) is 36.0 Å². The van der Waals surface area contributed by atoms with Crippen LogP contribution in [0.25, 0.3) is 0 Å². The first-order chi connectivity index (χ1) is 15.5. The lowest BCUT2D eigenvalue weighted by Gasteiger charge is -2.28. The van der Waals surface area contributed by atoms with Crippen molar-refractivity contribution in [3.63, 3.8) is 0 Å². The van der Waals surface area contributed by atoms with Crippen molar-refractivity contribution in [2.24, 2.45) is 0 Å². The summed E-state index contributed by atoms with van der Waals surface area (Å²) >= 11 is 7.21. The molecule has 32 heavy (non-hydrogen) atoms. The topological polar surface area (TPSA) is 73.9 Å². The molecule has 174 valence electrons. The number of rotatable bonds is 6. The van der Waals surface area contributed by atoms with Crippen LogP contribution in [0.5, 0.6) is 0 Å². The molecular formula is C22H30N4O3S3. The van der Waals surface area contributed by atoms with Crippen LogP contribution in [-0.4, -0.2) is 57.2 Å². The highest BCUT2D eigenvalue weighted by Gasteiger charge is 2.27. The molecule has 10 heteroatoms. The quantitative estimate of drug-likeness (QED) is 0.594. The van der Waals surface area contributed by atoms with Crippen LogP contribution < -0.4 is 15.5 Å². The van der Waals surface area contributed by atoms with Crippen molar-refractivity contribution in [2.45, 2.75) is 37.1 Å². The number of hydrogen-bond donors (Lipinski definition) is 2. The molecule has 0 unspecified atom stereocenters. The van der Waals surface area contributed by atoms with E-state index in [9.17, 15) is 8.42 Å². The molecule has 2 aliphatic heterocycles. The average Bonchev–Trinajstić information content (AvgIpc) is 3.19. The Labute approximate surface area is 199 Å². The van der Waals surface area contributed by atoms with E-state index in [2.05, 4.69) is 21.6 Å². The molecule has 2 N–H and O–H groups in total. The fourth-order valence-corrected chi connectivity index (χ4v) is 6.31. The molecule has 0 radical (unpaired) electrons. The zero-order valence-corrected chi connectivity index (χ0v) is 20.5. The molecule has 0 atom stereocenters. The largest absolute Gasteiger partial charge is 0.379 e. The molecular weight excluding hydrogens is 464 g/mol. The van der Waals surface area contributed by atoms with Crippen molar-refractivity contribution in [3.8, 4) is 0 Å². The number of benzene rings is 1. The van der Waals surface area contributed by atoms with Gasteiger partial charge in [0.15, 0.2) is 5.11 Å². The van der Waals surface area contributed by atoms with E-state index in [0.717, 1.165) is 37.3 Å². The maximum Gasteiger partial charge on any atom is 0.243 e. The van der Waals surface area contributed by atoms with E-state index in [0.29, 0.717) is 38.0 Å². The summed E-state index contributed by atoms with van der Waals surface area (Å²) in [5.41, 5.74) is 1.72. The minimum Gasteiger partial charge on any atom is -0.379 e. The van der Waals surface area contributed by atoms with Gasteiger partial charge in [-0.1, -0.05) is 18.9 Å². The molecule has 0 bridgehead atoms. The molecule has 2 aromatic rings. The van der Waals surface area contributed by atoms with Gasteiger partial charge in [0.1, 0.15) is 0 Å². The van der Waals surface area contributed by atoms with E-state index in [1.54, 1.807) is 23.5 Å². The Morgan fingerprint density at radius 3 is 2.50 bits per heavy atom. The Bertz CT molecular complexity index is 997. The lowest BCUT2D eigenvalue weighted by molar-refractivity contribution is 0.0730. The molecule has 1 aromatic heterocycles. The highest BCUT2D eigenvalue weighted by atomic mass is 32.2. The van der Waals surface area contributed by atoms with E-state index in [1.165, 1.54) is 22.0 Å². The molecule has 0 saturated carbocycles. The van der Waals surface area contributed by atoms with Crippen molar-refractivity contribution in [3.05, 3.63) is 40.6 Å². The number of ether oxygens (including phenoxy) is 1. The van der Waals surface area contributed by atoms with Gasteiger partial charge in [0, 0.05) is 31.1 Å². The van der Waals surface area contributed by atoms with Crippen LogP contribution in [0.4, 0.5) is 11.4 Å². The maximum atomic E-state index is 13.2. The van der Waals surface area contributed by atoms with Gasteiger partial charge in [-0.15, -0.1) is 11.3 Å². The van der Waals surface area contributed by atoms with Gasteiger partial charge in [-0.25, -0.2) is 8.42 Å². The smallest absolute Gasteiger partial charge is 0.243 e. The number of thiocarbonyl (C=S) groups is 1. The second kappa shape index (κ2) is 10.9. The monoisotopic (exact) mass is 494 g/mol. The van der Waals surface area contributed by atoms with Crippen LogP contribution in [0.15, 0.2) is 40.6 Å². The molecule has 7 nitrogen and oxygen atoms in total. The standard InChI is InChI=1S/C22H30N4O3S3/c27-32(28,26-11-13-29-14-12-26)19-7-8-21(25-9-3-1-2-4-10-25)20(16-19)24-22(30)23-17-18-6-5-15-31-18/h5-8,15-16H,1-4,9-14,17H2,(H2,23,24,30). The molecule has 4 rings (SSSR count). The molecule has 2 fully saturated rings.